The van der Waals surface area contributed by atoms with E-state index in [2.05, 4.69) is 11.7 Å². The number of ether oxygens (including phenoxy) is 1. The molecule has 0 fully saturated rings. The zero-order valence-corrected chi connectivity index (χ0v) is 10.9. The summed E-state index contributed by atoms with van der Waals surface area (Å²) in [5.41, 5.74) is 0.976. The van der Waals surface area contributed by atoms with Crippen LogP contribution in [0.15, 0.2) is 24.3 Å². The lowest BCUT2D eigenvalue weighted by molar-refractivity contribution is -0.274. The third-order valence-corrected chi connectivity index (χ3v) is 3.03. The van der Waals surface area contributed by atoms with Gasteiger partial charge in [0.05, 0.1) is 0 Å². The van der Waals surface area contributed by atoms with E-state index in [4.69, 9.17) is 11.6 Å². The van der Waals surface area contributed by atoms with Crippen LogP contribution in [0.2, 0.25) is 0 Å². The highest BCUT2D eigenvalue weighted by molar-refractivity contribution is 6.18. The van der Waals surface area contributed by atoms with Crippen LogP contribution in [0.4, 0.5) is 13.2 Å². The van der Waals surface area contributed by atoms with E-state index in [0.29, 0.717) is 11.8 Å². The van der Waals surface area contributed by atoms with Gasteiger partial charge in [0, 0.05) is 5.88 Å². The van der Waals surface area contributed by atoms with Gasteiger partial charge in [0.15, 0.2) is 0 Å². The van der Waals surface area contributed by atoms with Crippen molar-refractivity contribution in [3.63, 3.8) is 0 Å². The summed E-state index contributed by atoms with van der Waals surface area (Å²) in [6, 6.07) is 5.96. The van der Waals surface area contributed by atoms with Gasteiger partial charge in [0.25, 0.3) is 0 Å². The van der Waals surface area contributed by atoms with E-state index < -0.39 is 6.36 Å². The van der Waals surface area contributed by atoms with E-state index in [-0.39, 0.29) is 5.75 Å². The summed E-state index contributed by atoms with van der Waals surface area (Å²) in [5.74, 6) is 0.740. The minimum Gasteiger partial charge on any atom is -0.406 e. The van der Waals surface area contributed by atoms with Crippen molar-refractivity contribution in [1.29, 1.82) is 0 Å². The SMILES string of the molecule is CCCC(CCl)Cc1ccc(OC(F)(F)F)cc1. The van der Waals surface area contributed by atoms with Gasteiger partial charge in [-0.2, -0.15) is 0 Å². The fraction of sp³-hybridized carbons (Fsp3) is 0.538. The van der Waals surface area contributed by atoms with Gasteiger partial charge in [-0.05, 0) is 36.5 Å². The fourth-order valence-corrected chi connectivity index (χ4v) is 2.07. The molecule has 1 unspecified atom stereocenters. The molecule has 1 atom stereocenters. The van der Waals surface area contributed by atoms with Crippen molar-refractivity contribution in [2.24, 2.45) is 5.92 Å². The van der Waals surface area contributed by atoms with Gasteiger partial charge in [-0.3, -0.25) is 0 Å². The van der Waals surface area contributed by atoms with Crippen molar-refractivity contribution in [2.75, 3.05) is 5.88 Å². The van der Waals surface area contributed by atoms with Crippen LogP contribution in [0.3, 0.4) is 0 Å². The Morgan fingerprint density at radius 1 is 1.22 bits per heavy atom. The predicted molar refractivity (Wildman–Crippen MR) is 65.9 cm³/mol. The molecule has 0 spiro atoms. The molecule has 1 aromatic rings. The first-order valence-electron chi connectivity index (χ1n) is 5.85. The Labute approximate surface area is 110 Å². The normalized spacial score (nSPS) is 13.4. The molecule has 0 aromatic heterocycles. The van der Waals surface area contributed by atoms with Crippen LogP contribution in [-0.2, 0) is 6.42 Å². The summed E-state index contributed by atoms with van der Waals surface area (Å²) in [5, 5.41) is 0. The highest BCUT2D eigenvalue weighted by Crippen LogP contribution is 2.24. The Kier molecular flexibility index (Phi) is 5.79. The van der Waals surface area contributed by atoms with Crippen LogP contribution < -0.4 is 4.74 Å². The molecule has 18 heavy (non-hydrogen) atoms. The van der Waals surface area contributed by atoms with E-state index in [9.17, 15) is 13.2 Å². The van der Waals surface area contributed by atoms with E-state index >= 15 is 0 Å². The topological polar surface area (TPSA) is 9.23 Å². The Balaban J connectivity index is 2.59. The van der Waals surface area contributed by atoms with Crippen molar-refractivity contribution < 1.29 is 17.9 Å². The minimum atomic E-state index is -4.64. The van der Waals surface area contributed by atoms with Gasteiger partial charge < -0.3 is 4.74 Å². The molecule has 0 bridgehead atoms. The molecule has 102 valence electrons. The van der Waals surface area contributed by atoms with Crippen molar-refractivity contribution in [1.82, 2.24) is 0 Å². The van der Waals surface area contributed by atoms with Crippen molar-refractivity contribution in [3.8, 4) is 5.75 Å². The second-order valence-electron chi connectivity index (χ2n) is 4.20. The van der Waals surface area contributed by atoms with Crippen LogP contribution in [0.25, 0.3) is 0 Å². The van der Waals surface area contributed by atoms with E-state index in [1.807, 2.05) is 0 Å². The zero-order valence-electron chi connectivity index (χ0n) is 10.1. The quantitative estimate of drug-likeness (QED) is 0.681. The first kappa shape index (κ1) is 15.2. The highest BCUT2D eigenvalue weighted by atomic mass is 35.5. The molecule has 0 saturated carbocycles. The smallest absolute Gasteiger partial charge is 0.406 e. The maximum absolute atomic E-state index is 12.0. The van der Waals surface area contributed by atoms with Crippen LogP contribution >= 0.6 is 11.6 Å². The molecule has 0 N–H and O–H groups in total. The zero-order chi connectivity index (χ0) is 13.6. The molecule has 0 heterocycles. The summed E-state index contributed by atoms with van der Waals surface area (Å²) in [4.78, 5) is 0. The fourth-order valence-electron chi connectivity index (χ4n) is 1.80. The summed E-state index contributed by atoms with van der Waals surface area (Å²) < 4.78 is 39.7. The minimum absolute atomic E-state index is 0.191. The number of benzene rings is 1. The van der Waals surface area contributed by atoms with Gasteiger partial charge in [-0.1, -0.05) is 25.5 Å². The van der Waals surface area contributed by atoms with Crippen LogP contribution in [0, 0.1) is 5.92 Å². The molecule has 0 aliphatic rings. The van der Waals surface area contributed by atoms with Gasteiger partial charge in [0.2, 0.25) is 0 Å². The average molecular weight is 281 g/mol. The summed E-state index contributed by atoms with van der Waals surface area (Å²) in [6.45, 7) is 2.08. The molecular formula is C13H16ClF3O. The molecule has 0 radical (unpaired) electrons. The lowest BCUT2D eigenvalue weighted by atomic mass is 9.97. The van der Waals surface area contributed by atoms with E-state index in [1.165, 1.54) is 12.1 Å². The summed E-state index contributed by atoms with van der Waals surface area (Å²) >= 11 is 5.84. The maximum Gasteiger partial charge on any atom is 0.573 e. The third kappa shape index (κ3) is 5.63. The Bertz CT molecular complexity index is 348. The first-order chi connectivity index (χ1) is 8.44. The van der Waals surface area contributed by atoms with Gasteiger partial charge in [0.1, 0.15) is 5.75 Å². The molecule has 0 aliphatic carbocycles. The number of hydrogen-bond acceptors (Lipinski definition) is 1. The summed E-state index contributed by atoms with van der Waals surface area (Å²) in [6.07, 6.45) is -1.79. The standard InChI is InChI=1S/C13H16ClF3O/c1-2-3-11(9-14)8-10-4-6-12(7-5-10)18-13(15,16)17/h4-7,11H,2-3,8-9H2,1H3. The van der Waals surface area contributed by atoms with E-state index in [0.717, 1.165) is 24.8 Å². The van der Waals surface area contributed by atoms with Crippen molar-refractivity contribution in [2.45, 2.75) is 32.5 Å². The molecule has 5 heteroatoms. The van der Waals surface area contributed by atoms with Gasteiger partial charge in [-0.15, -0.1) is 24.8 Å². The van der Waals surface area contributed by atoms with Crippen molar-refractivity contribution in [3.05, 3.63) is 29.8 Å². The highest BCUT2D eigenvalue weighted by Gasteiger charge is 2.30. The molecular weight excluding hydrogens is 265 g/mol. The molecule has 1 nitrogen and oxygen atoms in total. The first-order valence-corrected chi connectivity index (χ1v) is 6.38. The molecule has 1 rings (SSSR count). The largest absolute Gasteiger partial charge is 0.573 e. The Morgan fingerprint density at radius 2 is 1.83 bits per heavy atom. The molecule has 0 saturated heterocycles. The third-order valence-electron chi connectivity index (χ3n) is 2.60. The second kappa shape index (κ2) is 6.88. The Morgan fingerprint density at radius 3 is 2.28 bits per heavy atom. The molecule has 0 amide bonds. The number of alkyl halides is 4. The number of rotatable bonds is 6. The predicted octanol–water partition coefficient (Wildman–Crippen LogP) is 4.78. The van der Waals surface area contributed by atoms with Crippen LogP contribution in [-0.4, -0.2) is 12.2 Å². The van der Waals surface area contributed by atoms with Gasteiger partial charge in [-0.25, -0.2) is 0 Å². The van der Waals surface area contributed by atoms with E-state index in [1.54, 1.807) is 12.1 Å². The van der Waals surface area contributed by atoms with Crippen LogP contribution in [0.5, 0.6) is 5.75 Å². The number of halogens is 4. The molecule has 1 aromatic carbocycles. The maximum atomic E-state index is 12.0. The number of hydrogen-bond donors (Lipinski definition) is 0. The average Bonchev–Trinajstić information content (AvgIpc) is 2.29. The Hall–Kier alpha value is -0.900. The summed E-state index contributed by atoms with van der Waals surface area (Å²) in [7, 11) is 0. The lowest BCUT2D eigenvalue weighted by Crippen LogP contribution is -2.17. The van der Waals surface area contributed by atoms with Gasteiger partial charge >= 0.3 is 6.36 Å². The van der Waals surface area contributed by atoms with Crippen molar-refractivity contribution >= 4 is 11.6 Å². The lowest BCUT2D eigenvalue weighted by Gasteiger charge is -2.13. The monoisotopic (exact) mass is 280 g/mol. The molecule has 0 aliphatic heterocycles. The second-order valence-corrected chi connectivity index (χ2v) is 4.51. The van der Waals surface area contributed by atoms with Crippen LogP contribution in [0.1, 0.15) is 25.3 Å².